The molecular weight excluding hydrogens is 352 g/mol. The molecule has 0 atom stereocenters. The predicted molar refractivity (Wildman–Crippen MR) is 126 cm³/mol. The number of methoxy groups -OCH3 is 1. The predicted octanol–water partition coefficient (Wildman–Crippen LogP) is 7.47. The van der Waals surface area contributed by atoms with E-state index in [-0.39, 0.29) is 0 Å². The van der Waals surface area contributed by atoms with Crippen molar-refractivity contribution in [1.82, 2.24) is 0 Å². The Morgan fingerprint density at radius 1 is 0.724 bits per heavy atom. The lowest BCUT2D eigenvalue weighted by molar-refractivity contribution is 0.202. The number of fused-ring (bicyclic) bond motifs is 3. The topological polar surface area (TPSA) is 9.23 Å². The number of ether oxygens (including phenoxy) is 1. The zero-order valence-corrected chi connectivity index (χ0v) is 19.2. The minimum absolute atomic E-state index is 0.823. The Morgan fingerprint density at radius 2 is 1.31 bits per heavy atom. The Kier molecular flexibility index (Phi) is 8.36. The van der Waals surface area contributed by atoms with Gasteiger partial charge in [0.2, 0.25) is 0 Å². The van der Waals surface area contributed by atoms with Crippen LogP contribution in [-0.4, -0.2) is 13.7 Å². The second kappa shape index (κ2) is 11.0. The second-order valence-electron chi connectivity index (χ2n) is 8.66. The van der Waals surface area contributed by atoms with Crippen LogP contribution in [0.2, 0.25) is 0 Å². The fourth-order valence-corrected chi connectivity index (χ4v) is 5.11. The Bertz CT molecular complexity index is 802. The summed E-state index contributed by atoms with van der Waals surface area (Å²) in [4.78, 5) is 0. The normalized spacial score (nSPS) is 12.3. The highest BCUT2D eigenvalue weighted by Gasteiger charge is 2.28. The molecule has 0 spiro atoms. The maximum Gasteiger partial charge on any atom is 0.0502 e. The molecule has 158 valence electrons. The zero-order valence-electron chi connectivity index (χ0n) is 19.2. The van der Waals surface area contributed by atoms with Crippen LogP contribution in [0.1, 0.15) is 92.7 Å². The van der Waals surface area contributed by atoms with Gasteiger partial charge >= 0.3 is 0 Å². The van der Waals surface area contributed by atoms with Crippen molar-refractivity contribution < 1.29 is 4.74 Å². The molecule has 3 rings (SSSR count). The van der Waals surface area contributed by atoms with Gasteiger partial charge in [0.25, 0.3) is 0 Å². The lowest BCUT2D eigenvalue weighted by atomic mass is 9.80. The Balaban J connectivity index is 2.25. The summed E-state index contributed by atoms with van der Waals surface area (Å²) in [7, 11) is 1.84. The smallest absolute Gasteiger partial charge is 0.0502 e. The van der Waals surface area contributed by atoms with Gasteiger partial charge in [0, 0.05) is 7.11 Å². The molecule has 0 saturated heterocycles. The maximum atomic E-state index is 5.56. The molecule has 0 N–H and O–H groups in total. The summed E-state index contributed by atoms with van der Waals surface area (Å²) < 4.78 is 5.56. The summed E-state index contributed by atoms with van der Waals surface area (Å²) in [5, 5.41) is 0. The fraction of sp³-hybridized carbons (Fsp3) is 0.571. The first kappa shape index (κ1) is 22.1. The molecule has 0 amide bonds. The number of rotatable bonds is 12. The summed E-state index contributed by atoms with van der Waals surface area (Å²) in [6, 6.07) is 9.15. The van der Waals surface area contributed by atoms with Crippen LogP contribution in [-0.2, 0) is 36.8 Å². The molecule has 1 aliphatic rings. The van der Waals surface area contributed by atoms with Crippen molar-refractivity contribution in [3.8, 4) is 11.1 Å². The van der Waals surface area contributed by atoms with Crippen molar-refractivity contribution >= 4 is 0 Å². The zero-order chi connectivity index (χ0) is 20.6. The van der Waals surface area contributed by atoms with Gasteiger partial charge in [-0.1, -0.05) is 64.3 Å². The molecule has 2 aromatic rings. The standard InChI is InChI=1S/C28H40O/c1-5-8-14-23-24(15-9-6-2)26(16-10-7-3)28-22-17-12-11-13-21(22)20-27(28)25(23)18-19-29-4/h11-13,17H,5-10,14-16,18-20H2,1-4H3. The molecule has 0 radical (unpaired) electrons. The highest BCUT2D eigenvalue weighted by molar-refractivity contribution is 5.83. The summed E-state index contributed by atoms with van der Waals surface area (Å²) in [6.45, 7) is 7.79. The van der Waals surface area contributed by atoms with Crippen LogP contribution in [0, 0.1) is 0 Å². The van der Waals surface area contributed by atoms with Crippen LogP contribution >= 0.6 is 0 Å². The van der Waals surface area contributed by atoms with Gasteiger partial charge in [0.1, 0.15) is 0 Å². The van der Waals surface area contributed by atoms with Gasteiger partial charge in [-0.15, -0.1) is 0 Å². The monoisotopic (exact) mass is 392 g/mol. The second-order valence-corrected chi connectivity index (χ2v) is 8.66. The van der Waals surface area contributed by atoms with E-state index in [2.05, 4.69) is 45.0 Å². The highest BCUT2D eigenvalue weighted by atomic mass is 16.5. The molecule has 0 aliphatic heterocycles. The molecule has 0 fully saturated rings. The molecule has 2 aromatic carbocycles. The molecule has 1 nitrogen and oxygen atoms in total. The van der Waals surface area contributed by atoms with E-state index >= 15 is 0 Å². The quantitative estimate of drug-likeness (QED) is 0.310. The van der Waals surface area contributed by atoms with Gasteiger partial charge in [-0.2, -0.15) is 0 Å². The van der Waals surface area contributed by atoms with Crippen LogP contribution in [0.25, 0.3) is 11.1 Å². The van der Waals surface area contributed by atoms with Crippen LogP contribution in [0.15, 0.2) is 24.3 Å². The van der Waals surface area contributed by atoms with Crippen molar-refractivity contribution in [3.63, 3.8) is 0 Å². The first-order chi connectivity index (χ1) is 14.3. The number of benzene rings is 2. The van der Waals surface area contributed by atoms with Crippen molar-refractivity contribution in [1.29, 1.82) is 0 Å². The van der Waals surface area contributed by atoms with E-state index in [0.29, 0.717) is 0 Å². The molecule has 1 aliphatic carbocycles. The highest BCUT2D eigenvalue weighted by Crippen LogP contribution is 2.45. The number of hydrogen-bond acceptors (Lipinski definition) is 1. The molecule has 1 heteroatoms. The lowest BCUT2D eigenvalue weighted by Gasteiger charge is -2.25. The van der Waals surface area contributed by atoms with E-state index in [4.69, 9.17) is 4.74 Å². The van der Waals surface area contributed by atoms with Crippen LogP contribution in [0.3, 0.4) is 0 Å². The summed E-state index contributed by atoms with van der Waals surface area (Å²) in [5.74, 6) is 0. The molecule has 0 unspecified atom stereocenters. The van der Waals surface area contributed by atoms with Crippen molar-refractivity contribution in [2.75, 3.05) is 13.7 Å². The Labute approximate surface area is 178 Å². The van der Waals surface area contributed by atoms with Crippen LogP contribution in [0.5, 0.6) is 0 Å². The molecule has 0 heterocycles. The minimum Gasteiger partial charge on any atom is -0.384 e. The van der Waals surface area contributed by atoms with Gasteiger partial charge in [-0.25, -0.2) is 0 Å². The molecular formula is C28H40O. The average Bonchev–Trinajstić information content (AvgIpc) is 3.13. The first-order valence-electron chi connectivity index (χ1n) is 12.0. The van der Waals surface area contributed by atoms with Crippen molar-refractivity contribution in [2.24, 2.45) is 0 Å². The summed E-state index contributed by atoms with van der Waals surface area (Å²) in [5.41, 5.74) is 13.0. The van der Waals surface area contributed by atoms with Gasteiger partial charge in [-0.05, 0) is 95.9 Å². The lowest BCUT2D eigenvalue weighted by Crippen LogP contribution is -2.12. The summed E-state index contributed by atoms with van der Waals surface area (Å²) >= 11 is 0. The fourth-order valence-electron chi connectivity index (χ4n) is 5.11. The number of unbranched alkanes of at least 4 members (excludes halogenated alkanes) is 3. The molecule has 0 saturated carbocycles. The van der Waals surface area contributed by atoms with E-state index in [9.17, 15) is 0 Å². The van der Waals surface area contributed by atoms with Crippen molar-refractivity contribution in [3.05, 3.63) is 57.6 Å². The maximum absolute atomic E-state index is 5.56. The Hall–Kier alpha value is -1.60. The van der Waals surface area contributed by atoms with E-state index in [0.717, 1.165) is 19.4 Å². The van der Waals surface area contributed by atoms with E-state index < -0.39 is 0 Å². The van der Waals surface area contributed by atoms with E-state index in [1.165, 1.54) is 68.9 Å². The molecule has 0 aromatic heterocycles. The van der Waals surface area contributed by atoms with Crippen molar-refractivity contribution in [2.45, 2.75) is 91.4 Å². The minimum atomic E-state index is 0.823. The third kappa shape index (κ3) is 4.77. The molecule has 29 heavy (non-hydrogen) atoms. The van der Waals surface area contributed by atoms with Gasteiger partial charge < -0.3 is 4.74 Å². The third-order valence-electron chi connectivity index (χ3n) is 6.61. The average molecular weight is 393 g/mol. The van der Waals surface area contributed by atoms with Crippen LogP contribution in [0.4, 0.5) is 0 Å². The Morgan fingerprint density at radius 3 is 1.93 bits per heavy atom. The van der Waals surface area contributed by atoms with E-state index in [1.807, 2.05) is 7.11 Å². The summed E-state index contributed by atoms with van der Waals surface area (Å²) in [6.07, 6.45) is 13.5. The van der Waals surface area contributed by atoms with E-state index in [1.54, 1.807) is 33.4 Å². The van der Waals surface area contributed by atoms with Crippen LogP contribution < -0.4 is 0 Å². The number of hydrogen-bond donors (Lipinski definition) is 0. The molecule has 0 bridgehead atoms. The first-order valence-corrected chi connectivity index (χ1v) is 12.0. The SMILES string of the molecule is CCCCc1c(CCCC)c(CCCC)c2c(c1CCOC)Cc1ccccc1-2. The van der Waals surface area contributed by atoms with Gasteiger partial charge in [0.05, 0.1) is 6.61 Å². The largest absolute Gasteiger partial charge is 0.384 e. The third-order valence-corrected chi connectivity index (χ3v) is 6.61. The van der Waals surface area contributed by atoms with Gasteiger partial charge in [0.15, 0.2) is 0 Å². The van der Waals surface area contributed by atoms with Gasteiger partial charge in [-0.3, -0.25) is 0 Å².